The second-order valence-electron chi connectivity index (χ2n) is 5.92. The molecule has 0 radical (unpaired) electrons. The molecule has 0 aliphatic carbocycles. The van der Waals surface area contributed by atoms with Gasteiger partial charge >= 0.3 is 0 Å². The van der Waals surface area contributed by atoms with Crippen molar-refractivity contribution in [3.63, 3.8) is 0 Å². The van der Waals surface area contributed by atoms with E-state index in [1.54, 1.807) is 24.3 Å². The first-order chi connectivity index (χ1) is 12.0. The third-order valence-corrected chi connectivity index (χ3v) is 3.50. The second-order valence-corrected chi connectivity index (χ2v) is 5.92. The van der Waals surface area contributed by atoms with Gasteiger partial charge in [0.25, 0.3) is 5.91 Å². The van der Waals surface area contributed by atoms with E-state index < -0.39 is 0 Å². The van der Waals surface area contributed by atoms with E-state index in [4.69, 9.17) is 14.7 Å². The van der Waals surface area contributed by atoms with Gasteiger partial charge in [-0.2, -0.15) is 5.26 Å². The summed E-state index contributed by atoms with van der Waals surface area (Å²) in [5.74, 6) is 0.958. The summed E-state index contributed by atoms with van der Waals surface area (Å²) in [6.07, 6.45) is 0.122. The van der Waals surface area contributed by atoms with Crippen molar-refractivity contribution in [3.8, 4) is 17.6 Å². The van der Waals surface area contributed by atoms with E-state index >= 15 is 0 Å². The van der Waals surface area contributed by atoms with Crippen LogP contribution in [0.5, 0.6) is 11.5 Å². The first-order valence-electron chi connectivity index (χ1n) is 8.17. The Balaban J connectivity index is 1.88. The minimum atomic E-state index is -0.247. The maximum Gasteiger partial charge on any atom is 0.258 e. The lowest BCUT2D eigenvalue weighted by Crippen LogP contribution is -2.31. The van der Waals surface area contributed by atoms with Gasteiger partial charge in [-0.25, -0.2) is 0 Å². The minimum Gasteiger partial charge on any atom is -0.491 e. The van der Waals surface area contributed by atoms with Crippen LogP contribution < -0.4 is 14.8 Å². The van der Waals surface area contributed by atoms with Crippen molar-refractivity contribution < 1.29 is 14.3 Å². The van der Waals surface area contributed by atoms with Crippen LogP contribution in [0.1, 0.15) is 37.9 Å². The summed E-state index contributed by atoms with van der Waals surface area (Å²) in [4.78, 5) is 12.1. The van der Waals surface area contributed by atoms with Crippen molar-refractivity contribution in [1.82, 2.24) is 5.32 Å². The molecule has 0 saturated heterocycles. The Kier molecular flexibility index (Phi) is 6.41. The molecule has 2 aromatic rings. The summed E-state index contributed by atoms with van der Waals surface area (Å²) in [6, 6.07) is 16.3. The van der Waals surface area contributed by atoms with Crippen LogP contribution in [0.15, 0.2) is 48.5 Å². The monoisotopic (exact) mass is 338 g/mol. The van der Waals surface area contributed by atoms with Crippen molar-refractivity contribution in [3.05, 3.63) is 59.7 Å². The highest BCUT2D eigenvalue weighted by atomic mass is 16.5. The maximum absolute atomic E-state index is 12.1. The number of carbonyl (C=O) groups is 1. The lowest BCUT2D eigenvalue weighted by molar-refractivity contribution is -0.123. The zero-order chi connectivity index (χ0) is 18.2. The number of carbonyl (C=O) groups excluding carboxylic acids is 1. The van der Waals surface area contributed by atoms with E-state index in [1.807, 2.05) is 51.1 Å². The number of para-hydroxylation sites is 1. The van der Waals surface area contributed by atoms with Gasteiger partial charge in [0, 0.05) is 0 Å². The molecule has 1 atom stereocenters. The number of nitrogens with one attached hydrogen (secondary N) is 1. The van der Waals surface area contributed by atoms with Crippen molar-refractivity contribution >= 4 is 5.91 Å². The van der Waals surface area contributed by atoms with Gasteiger partial charge < -0.3 is 14.8 Å². The Hall–Kier alpha value is -3.00. The normalized spacial score (nSPS) is 11.5. The lowest BCUT2D eigenvalue weighted by Gasteiger charge is -2.16. The average Bonchev–Trinajstić information content (AvgIpc) is 2.60. The Labute approximate surface area is 148 Å². The molecule has 2 aromatic carbocycles. The third kappa shape index (κ3) is 5.54. The number of rotatable bonds is 7. The number of benzene rings is 2. The molecule has 1 unspecified atom stereocenters. The van der Waals surface area contributed by atoms with Crippen LogP contribution >= 0.6 is 0 Å². The summed E-state index contributed by atoms with van der Waals surface area (Å²) >= 11 is 0. The van der Waals surface area contributed by atoms with Gasteiger partial charge in [0.2, 0.25) is 0 Å². The van der Waals surface area contributed by atoms with Gasteiger partial charge in [0.1, 0.15) is 17.6 Å². The molecule has 130 valence electrons. The van der Waals surface area contributed by atoms with Gasteiger partial charge in [-0.15, -0.1) is 0 Å². The number of amides is 1. The molecule has 0 saturated carbocycles. The molecule has 0 bridgehead atoms. The van der Waals surface area contributed by atoms with Gasteiger partial charge in [0.05, 0.1) is 17.7 Å². The summed E-state index contributed by atoms with van der Waals surface area (Å²) in [7, 11) is 0. The molecule has 0 aliphatic heterocycles. The van der Waals surface area contributed by atoms with Gasteiger partial charge in [-0.3, -0.25) is 4.79 Å². The molecule has 1 N–H and O–H groups in total. The Bertz CT molecular complexity index is 748. The van der Waals surface area contributed by atoms with Crippen LogP contribution in [0.3, 0.4) is 0 Å². The molecule has 1 amide bonds. The molecule has 0 spiro atoms. The number of nitrogens with zero attached hydrogens (tertiary/aromatic N) is 1. The predicted octanol–water partition coefficient (Wildman–Crippen LogP) is 3.60. The standard InChI is InChI=1S/C20H22N2O3/c1-14(2)25-18-10-8-16(9-11-18)15(3)22-20(23)13-24-19-7-5-4-6-17(19)12-21/h4-11,14-15H,13H2,1-3H3,(H,22,23). The van der Waals surface area contributed by atoms with Crippen LogP contribution in [0.4, 0.5) is 0 Å². The topological polar surface area (TPSA) is 71.3 Å². The smallest absolute Gasteiger partial charge is 0.258 e. The van der Waals surface area contributed by atoms with Crippen molar-refractivity contribution in [2.45, 2.75) is 32.9 Å². The molecule has 5 nitrogen and oxygen atoms in total. The van der Waals surface area contributed by atoms with Crippen LogP contribution in [0.25, 0.3) is 0 Å². The third-order valence-electron chi connectivity index (χ3n) is 3.50. The molecular formula is C20H22N2O3. The largest absolute Gasteiger partial charge is 0.491 e. The number of ether oxygens (including phenoxy) is 2. The van der Waals surface area contributed by atoms with Gasteiger partial charge in [0.15, 0.2) is 6.61 Å². The fraction of sp³-hybridized carbons (Fsp3) is 0.300. The summed E-state index contributed by atoms with van der Waals surface area (Å²) in [5, 5.41) is 11.9. The Morgan fingerprint density at radius 2 is 1.80 bits per heavy atom. The summed E-state index contributed by atoms with van der Waals surface area (Å²) in [6.45, 7) is 5.71. The highest BCUT2D eigenvalue weighted by Crippen LogP contribution is 2.19. The van der Waals surface area contributed by atoms with Crippen molar-refractivity contribution in [1.29, 1.82) is 5.26 Å². The maximum atomic E-state index is 12.1. The zero-order valence-corrected chi connectivity index (χ0v) is 14.7. The van der Waals surface area contributed by atoms with E-state index in [1.165, 1.54) is 0 Å². The number of nitriles is 1. The molecule has 0 heterocycles. The van der Waals surface area contributed by atoms with E-state index in [9.17, 15) is 4.79 Å². The van der Waals surface area contributed by atoms with Crippen molar-refractivity contribution in [2.24, 2.45) is 0 Å². The Morgan fingerprint density at radius 3 is 2.44 bits per heavy atom. The van der Waals surface area contributed by atoms with Crippen LogP contribution in [-0.2, 0) is 4.79 Å². The number of hydrogen-bond acceptors (Lipinski definition) is 4. The molecule has 5 heteroatoms. The van der Waals surface area contributed by atoms with Crippen LogP contribution in [0, 0.1) is 11.3 Å². The molecule has 0 aromatic heterocycles. The van der Waals surface area contributed by atoms with E-state index in [0.29, 0.717) is 11.3 Å². The Morgan fingerprint density at radius 1 is 1.12 bits per heavy atom. The van der Waals surface area contributed by atoms with Crippen LogP contribution in [0.2, 0.25) is 0 Å². The molecule has 0 fully saturated rings. The van der Waals surface area contributed by atoms with E-state index in [-0.39, 0.29) is 24.7 Å². The lowest BCUT2D eigenvalue weighted by atomic mass is 10.1. The first-order valence-corrected chi connectivity index (χ1v) is 8.17. The van der Waals surface area contributed by atoms with Crippen molar-refractivity contribution in [2.75, 3.05) is 6.61 Å². The molecule has 25 heavy (non-hydrogen) atoms. The molecular weight excluding hydrogens is 316 g/mol. The summed E-state index contributed by atoms with van der Waals surface area (Å²) in [5.41, 5.74) is 1.38. The van der Waals surface area contributed by atoms with E-state index in [0.717, 1.165) is 11.3 Å². The summed E-state index contributed by atoms with van der Waals surface area (Å²) < 4.78 is 11.0. The fourth-order valence-electron chi connectivity index (χ4n) is 2.30. The first kappa shape index (κ1) is 18.3. The predicted molar refractivity (Wildman–Crippen MR) is 95.4 cm³/mol. The second kappa shape index (κ2) is 8.74. The molecule has 0 aliphatic rings. The van der Waals surface area contributed by atoms with Gasteiger partial charge in [-0.1, -0.05) is 24.3 Å². The highest BCUT2D eigenvalue weighted by Gasteiger charge is 2.11. The molecule has 2 rings (SSSR count). The average molecular weight is 338 g/mol. The quantitative estimate of drug-likeness (QED) is 0.837. The van der Waals surface area contributed by atoms with Gasteiger partial charge in [-0.05, 0) is 50.6 Å². The minimum absolute atomic E-state index is 0.122. The zero-order valence-electron chi connectivity index (χ0n) is 14.7. The SMILES string of the molecule is CC(C)Oc1ccc(C(C)NC(=O)COc2ccccc2C#N)cc1. The van der Waals surface area contributed by atoms with E-state index in [2.05, 4.69) is 5.32 Å². The highest BCUT2D eigenvalue weighted by molar-refractivity contribution is 5.78. The fourth-order valence-corrected chi connectivity index (χ4v) is 2.30. The van der Waals surface area contributed by atoms with Crippen LogP contribution in [-0.4, -0.2) is 18.6 Å². The number of hydrogen-bond donors (Lipinski definition) is 1.